The summed E-state index contributed by atoms with van der Waals surface area (Å²) in [5.74, 6) is 0. The molecule has 78 valence electrons. The lowest BCUT2D eigenvalue weighted by Gasteiger charge is -2.04. The molecule has 0 bridgehead atoms. The molecule has 0 fully saturated rings. The molecule has 5 heteroatoms. The molecule has 2 aromatic rings. The Morgan fingerprint density at radius 3 is 2.87 bits per heavy atom. The lowest BCUT2D eigenvalue weighted by Crippen LogP contribution is -1.95. The zero-order valence-corrected chi connectivity index (χ0v) is 8.38. The molecule has 0 aliphatic heterocycles. The van der Waals surface area contributed by atoms with Gasteiger partial charge in [0.1, 0.15) is 5.69 Å². The molecule has 0 saturated heterocycles. The molecule has 0 unspecified atom stereocenters. The van der Waals surface area contributed by atoms with E-state index in [0.717, 1.165) is 16.8 Å². The molecule has 0 aliphatic rings. The Morgan fingerprint density at radius 1 is 1.47 bits per heavy atom. The normalized spacial score (nSPS) is 10.5. The van der Waals surface area contributed by atoms with Crippen molar-refractivity contribution < 1.29 is 5.11 Å². The number of aliphatic hydroxyl groups is 1. The van der Waals surface area contributed by atoms with Crippen LogP contribution in [0.1, 0.15) is 5.56 Å². The Bertz CT molecular complexity index is 478. The van der Waals surface area contributed by atoms with E-state index in [1.807, 2.05) is 6.07 Å². The van der Waals surface area contributed by atoms with E-state index in [2.05, 4.69) is 10.2 Å². The van der Waals surface area contributed by atoms with Gasteiger partial charge >= 0.3 is 0 Å². The summed E-state index contributed by atoms with van der Waals surface area (Å²) < 4.78 is 0. The predicted octanol–water partition coefficient (Wildman–Crippen LogP) is 0.557. The van der Waals surface area contributed by atoms with Gasteiger partial charge < -0.3 is 10.8 Å². The monoisotopic (exact) mass is 204 g/mol. The van der Waals surface area contributed by atoms with Crippen LogP contribution in [0, 0.1) is 0 Å². The Labute approximate surface area is 87.1 Å². The average Bonchev–Trinajstić information content (AvgIpc) is 2.64. The van der Waals surface area contributed by atoms with E-state index in [-0.39, 0.29) is 6.61 Å². The molecule has 1 heterocycles. The molecule has 0 aliphatic carbocycles. The molecule has 0 amide bonds. The van der Waals surface area contributed by atoms with Crippen LogP contribution >= 0.6 is 0 Å². The average molecular weight is 204 g/mol. The van der Waals surface area contributed by atoms with Gasteiger partial charge in [-0.15, -0.1) is 0 Å². The Kier molecular flexibility index (Phi) is 2.39. The zero-order chi connectivity index (χ0) is 10.8. The van der Waals surface area contributed by atoms with Crippen LogP contribution in [0.4, 0.5) is 5.69 Å². The van der Waals surface area contributed by atoms with E-state index >= 15 is 0 Å². The third-order valence-corrected chi connectivity index (χ3v) is 2.18. The van der Waals surface area contributed by atoms with Crippen molar-refractivity contribution in [3.63, 3.8) is 0 Å². The van der Waals surface area contributed by atoms with Crippen molar-refractivity contribution in [3.05, 3.63) is 30.0 Å². The molecule has 5 nitrogen and oxygen atoms in total. The second-order valence-corrected chi connectivity index (χ2v) is 3.29. The van der Waals surface area contributed by atoms with Gasteiger partial charge in [-0.2, -0.15) is 15.0 Å². The standard InChI is InChI=1S/C10H12N4O/c1-14-12-5-10(13-14)9-3-2-8(11)4-7(9)6-15/h2-5,15H,6,11H2,1H3. The molecular weight excluding hydrogens is 192 g/mol. The quantitative estimate of drug-likeness (QED) is 0.700. The molecule has 0 saturated carbocycles. The van der Waals surface area contributed by atoms with E-state index < -0.39 is 0 Å². The third kappa shape index (κ3) is 1.82. The smallest absolute Gasteiger partial charge is 0.113 e. The predicted molar refractivity (Wildman–Crippen MR) is 56.8 cm³/mol. The van der Waals surface area contributed by atoms with Crippen LogP contribution in [0.25, 0.3) is 11.3 Å². The van der Waals surface area contributed by atoms with Crippen LogP contribution in [0.2, 0.25) is 0 Å². The number of hydrogen-bond donors (Lipinski definition) is 2. The van der Waals surface area contributed by atoms with Crippen LogP contribution in [-0.4, -0.2) is 20.1 Å². The minimum absolute atomic E-state index is 0.0586. The van der Waals surface area contributed by atoms with Crippen LogP contribution in [0.15, 0.2) is 24.4 Å². The number of aromatic nitrogens is 3. The van der Waals surface area contributed by atoms with Gasteiger partial charge in [0, 0.05) is 18.3 Å². The molecule has 15 heavy (non-hydrogen) atoms. The molecule has 1 aromatic carbocycles. The van der Waals surface area contributed by atoms with Crippen molar-refractivity contribution in [2.24, 2.45) is 7.05 Å². The fourth-order valence-electron chi connectivity index (χ4n) is 1.46. The lowest BCUT2D eigenvalue weighted by atomic mass is 10.1. The Morgan fingerprint density at radius 2 is 2.27 bits per heavy atom. The first kappa shape index (κ1) is 9.67. The summed E-state index contributed by atoms with van der Waals surface area (Å²) in [7, 11) is 1.75. The highest BCUT2D eigenvalue weighted by Gasteiger charge is 2.07. The summed E-state index contributed by atoms with van der Waals surface area (Å²) in [6, 6.07) is 5.36. The van der Waals surface area contributed by atoms with Crippen LogP contribution in [-0.2, 0) is 13.7 Å². The molecule has 0 radical (unpaired) electrons. The van der Waals surface area contributed by atoms with Gasteiger partial charge in [-0.25, -0.2) is 0 Å². The van der Waals surface area contributed by atoms with Gasteiger partial charge in [0.2, 0.25) is 0 Å². The number of rotatable bonds is 2. The summed E-state index contributed by atoms with van der Waals surface area (Å²) in [4.78, 5) is 1.48. The second kappa shape index (κ2) is 3.70. The molecule has 3 N–H and O–H groups in total. The van der Waals surface area contributed by atoms with E-state index in [9.17, 15) is 5.11 Å². The molecule has 1 aromatic heterocycles. The van der Waals surface area contributed by atoms with Crippen LogP contribution in [0.5, 0.6) is 0 Å². The maximum Gasteiger partial charge on any atom is 0.113 e. The first-order valence-electron chi connectivity index (χ1n) is 4.56. The number of hydrogen-bond acceptors (Lipinski definition) is 4. The summed E-state index contributed by atoms with van der Waals surface area (Å²) in [6.45, 7) is -0.0586. The zero-order valence-electron chi connectivity index (χ0n) is 8.38. The number of benzene rings is 1. The number of nitrogens with two attached hydrogens (primary N) is 1. The topological polar surface area (TPSA) is 77.0 Å². The van der Waals surface area contributed by atoms with Crippen molar-refractivity contribution in [1.29, 1.82) is 0 Å². The highest BCUT2D eigenvalue weighted by Crippen LogP contribution is 2.23. The van der Waals surface area contributed by atoms with Gasteiger partial charge in [0.25, 0.3) is 0 Å². The van der Waals surface area contributed by atoms with E-state index in [0.29, 0.717) is 5.69 Å². The Hall–Kier alpha value is -1.88. The molecule has 0 spiro atoms. The summed E-state index contributed by atoms with van der Waals surface area (Å²) in [5, 5.41) is 17.4. The summed E-state index contributed by atoms with van der Waals surface area (Å²) >= 11 is 0. The first-order valence-corrected chi connectivity index (χ1v) is 4.56. The van der Waals surface area contributed by atoms with Gasteiger partial charge in [-0.05, 0) is 17.7 Å². The third-order valence-electron chi connectivity index (χ3n) is 2.18. The lowest BCUT2D eigenvalue weighted by molar-refractivity contribution is 0.282. The van der Waals surface area contributed by atoms with Gasteiger partial charge in [0.05, 0.1) is 12.8 Å². The maximum absolute atomic E-state index is 9.20. The van der Waals surface area contributed by atoms with Crippen molar-refractivity contribution in [1.82, 2.24) is 15.0 Å². The number of aryl methyl sites for hydroxylation is 1. The first-order chi connectivity index (χ1) is 7.20. The number of aliphatic hydroxyl groups excluding tert-OH is 1. The van der Waals surface area contributed by atoms with Crippen molar-refractivity contribution in [3.8, 4) is 11.3 Å². The highest BCUT2D eigenvalue weighted by molar-refractivity contribution is 5.65. The molecule has 2 rings (SSSR count). The fourth-order valence-corrected chi connectivity index (χ4v) is 1.46. The van der Waals surface area contributed by atoms with Crippen molar-refractivity contribution in [2.45, 2.75) is 6.61 Å². The van der Waals surface area contributed by atoms with E-state index in [4.69, 9.17) is 5.73 Å². The maximum atomic E-state index is 9.20. The number of nitrogen functional groups attached to an aromatic ring is 1. The molecule has 0 atom stereocenters. The number of anilines is 1. The van der Waals surface area contributed by atoms with Gasteiger partial charge in [-0.1, -0.05) is 6.07 Å². The van der Waals surface area contributed by atoms with Crippen LogP contribution < -0.4 is 5.73 Å². The minimum Gasteiger partial charge on any atom is -0.399 e. The highest BCUT2D eigenvalue weighted by atomic mass is 16.3. The molecular formula is C10H12N4O. The van der Waals surface area contributed by atoms with Gasteiger partial charge in [0.15, 0.2) is 0 Å². The Balaban J connectivity index is 2.52. The largest absolute Gasteiger partial charge is 0.399 e. The van der Waals surface area contributed by atoms with Gasteiger partial charge in [-0.3, -0.25) is 0 Å². The summed E-state index contributed by atoms with van der Waals surface area (Å²) in [6.07, 6.45) is 1.66. The summed E-state index contributed by atoms with van der Waals surface area (Å²) in [5.41, 5.74) is 8.62. The second-order valence-electron chi connectivity index (χ2n) is 3.29. The van der Waals surface area contributed by atoms with Crippen LogP contribution in [0.3, 0.4) is 0 Å². The van der Waals surface area contributed by atoms with Crippen molar-refractivity contribution in [2.75, 3.05) is 5.73 Å². The number of nitrogens with zero attached hydrogens (tertiary/aromatic N) is 3. The van der Waals surface area contributed by atoms with Crippen molar-refractivity contribution >= 4 is 5.69 Å². The SMILES string of the molecule is Cn1ncc(-c2ccc(N)cc2CO)n1. The minimum atomic E-state index is -0.0586. The fraction of sp³-hybridized carbons (Fsp3) is 0.200. The van der Waals surface area contributed by atoms with E-state index in [1.165, 1.54) is 4.80 Å². The van der Waals surface area contributed by atoms with E-state index in [1.54, 1.807) is 25.4 Å².